The third-order valence-corrected chi connectivity index (χ3v) is 7.25. The molecule has 150 valence electrons. The van der Waals surface area contributed by atoms with Crippen molar-refractivity contribution in [3.05, 3.63) is 121 Å². The zero-order valence-electron chi connectivity index (χ0n) is 16.9. The first-order valence-corrected chi connectivity index (χ1v) is 11.8. The highest BCUT2D eigenvalue weighted by Gasteiger charge is 2.52. The minimum Gasteiger partial charge on any atom is -0.480 e. The van der Waals surface area contributed by atoms with Crippen LogP contribution in [0, 0.1) is 0 Å². The fourth-order valence-corrected chi connectivity index (χ4v) is 5.67. The van der Waals surface area contributed by atoms with Gasteiger partial charge >= 0.3 is 8.80 Å². The molecule has 30 heavy (non-hydrogen) atoms. The Labute approximate surface area is 178 Å². The normalized spacial score (nSPS) is 11.0. The van der Waals surface area contributed by atoms with E-state index in [0.29, 0.717) is 11.5 Å². The second-order valence-corrected chi connectivity index (χ2v) is 9.12. The van der Waals surface area contributed by atoms with Gasteiger partial charge in [-0.2, -0.15) is 0 Å². The second-order valence-electron chi connectivity index (χ2n) is 6.82. The topological polar surface area (TPSA) is 27.7 Å². The molecular formula is C26H24O3Si. The van der Waals surface area contributed by atoms with Crippen LogP contribution in [0.5, 0.6) is 17.2 Å². The maximum absolute atomic E-state index is 6.71. The lowest BCUT2D eigenvalue weighted by Crippen LogP contribution is -2.64. The molecule has 0 aromatic heterocycles. The molecular weight excluding hydrogens is 388 g/mol. The number of aryl methyl sites for hydroxylation is 1. The second kappa shape index (κ2) is 9.33. The Balaban J connectivity index is 1.85. The molecule has 0 saturated carbocycles. The van der Waals surface area contributed by atoms with Crippen LogP contribution in [0.4, 0.5) is 0 Å². The molecule has 4 aromatic carbocycles. The standard InChI is InChI=1S/C26H24O3Si/c1-2-22-14-12-13-21-26(22)29-30(25-19-10-5-11-20-25,27-23-15-6-3-7-16-23)28-24-17-8-4-9-18-24/h3-21H,2H2,1H3. The zero-order chi connectivity index (χ0) is 20.7. The van der Waals surface area contributed by atoms with Gasteiger partial charge in [0.25, 0.3) is 0 Å². The summed E-state index contributed by atoms with van der Waals surface area (Å²) in [6.45, 7) is 2.12. The molecule has 0 spiro atoms. The van der Waals surface area contributed by atoms with Crippen molar-refractivity contribution in [2.24, 2.45) is 0 Å². The van der Waals surface area contributed by atoms with Gasteiger partial charge in [0.15, 0.2) is 0 Å². The van der Waals surface area contributed by atoms with Crippen LogP contribution in [-0.2, 0) is 6.42 Å². The number of para-hydroxylation sites is 3. The van der Waals surface area contributed by atoms with Gasteiger partial charge in [0.2, 0.25) is 0 Å². The third-order valence-electron chi connectivity index (χ3n) is 4.72. The number of rotatable bonds is 8. The molecule has 0 heterocycles. The van der Waals surface area contributed by atoms with Gasteiger partial charge in [0.1, 0.15) is 17.2 Å². The highest BCUT2D eigenvalue weighted by atomic mass is 28.4. The Hall–Kier alpha value is -3.50. The minimum atomic E-state index is -3.44. The van der Waals surface area contributed by atoms with Gasteiger partial charge in [-0.25, -0.2) is 0 Å². The van der Waals surface area contributed by atoms with Gasteiger partial charge < -0.3 is 13.3 Å². The van der Waals surface area contributed by atoms with Gasteiger partial charge in [-0.1, -0.05) is 91.9 Å². The Kier molecular flexibility index (Phi) is 6.16. The van der Waals surface area contributed by atoms with Crippen molar-refractivity contribution in [2.45, 2.75) is 13.3 Å². The van der Waals surface area contributed by atoms with E-state index in [-0.39, 0.29) is 0 Å². The van der Waals surface area contributed by atoms with E-state index in [1.54, 1.807) is 0 Å². The third kappa shape index (κ3) is 4.55. The molecule has 0 saturated heterocycles. The summed E-state index contributed by atoms with van der Waals surface area (Å²) in [7, 11) is -3.44. The first-order valence-electron chi connectivity index (χ1n) is 10.1. The minimum absolute atomic E-state index is 0.706. The molecule has 0 atom stereocenters. The van der Waals surface area contributed by atoms with E-state index in [0.717, 1.165) is 22.9 Å². The highest BCUT2D eigenvalue weighted by Crippen LogP contribution is 2.27. The van der Waals surface area contributed by atoms with Crippen LogP contribution < -0.4 is 18.5 Å². The van der Waals surface area contributed by atoms with Gasteiger partial charge in [0.05, 0.1) is 5.19 Å². The van der Waals surface area contributed by atoms with E-state index in [2.05, 4.69) is 13.0 Å². The predicted molar refractivity (Wildman–Crippen MR) is 122 cm³/mol. The smallest absolute Gasteiger partial charge is 0.480 e. The number of hydrogen-bond donors (Lipinski definition) is 0. The molecule has 4 aromatic rings. The summed E-state index contributed by atoms with van der Waals surface area (Å²) >= 11 is 0. The average molecular weight is 413 g/mol. The quantitative estimate of drug-likeness (QED) is 0.351. The molecule has 0 radical (unpaired) electrons. The van der Waals surface area contributed by atoms with Crippen LogP contribution in [-0.4, -0.2) is 8.80 Å². The van der Waals surface area contributed by atoms with E-state index >= 15 is 0 Å². The maximum Gasteiger partial charge on any atom is 0.737 e. The molecule has 0 aliphatic heterocycles. The molecule has 0 aliphatic rings. The van der Waals surface area contributed by atoms with Gasteiger partial charge in [-0.15, -0.1) is 0 Å². The predicted octanol–water partition coefficient (Wildman–Crippen LogP) is 5.63. The summed E-state index contributed by atoms with van der Waals surface area (Å²) in [4.78, 5) is 0. The summed E-state index contributed by atoms with van der Waals surface area (Å²) < 4.78 is 19.9. The average Bonchev–Trinajstić information content (AvgIpc) is 2.81. The van der Waals surface area contributed by atoms with Crippen LogP contribution in [0.25, 0.3) is 0 Å². The Bertz CT molecular complexity index is 1010. The van der Waals surface area contributed by atoms with Crippen LogP contribution >= 0.6 is 0 Å². The van der Waals surface area contributed by atoms with E-state index in [1.807, 2.05) is 109 Å². The molecule has 0 N–H and O–H groups in total. The number of hydrogen-bond acceptors (Lipinski definition) is 3. The Morgan fingerprint density at radius 1 is 0.533 bits per heavy atom. The van der Waals surface area contributed by atoms with E-state index in [9.17, 15) is 0 Å². The fourth-order valence-electron chi connectivity index (χ4n) is 3.21. The largest absolute Gasteiger partial charge is 0.737 e. The van der Waals surface area contributed by atoms with Gasteiger partial charge in [-0.05, 0) is 42.3 Å². The monoisotopic (exact) mass is 412 g/mol. The molecule has 0 amide bonds. The summed E-state index contributed by atoms with van der Waals surface area (Å²) in [5, 5.41) is 0.892. The summed E-state index contributed by atoms with van der Waals surface area (Å²) in [6.07, 6.45) is 0.853. The van der Waals surface area contributed by atoms with Crippen molar-refractivity contribution in [1.82, 2.24) is 0 Å². The maximum atomic E-state index is 6.71. The zero-order valence-corrected chi connectivity index (χ0v) is 17.9. The van der Waals surface area contributed by atoms with E-state index in [1.165, 1.54) is 0 Å². The van der Waals surface area contributed by atoms with Crippen molar-refractivity contribution in [3.8, 4) is 17.2 Å². The Morgan fingerprint density at radius 3 is 1.53 bits per heavy atom. The molecule has 0 aliphatic carbocycles. The molecule has 0 fully saturated rings. The Morgan fingerprint density at radius 2 is 1.00 bits per heavy atom. The van der Waals surface area contributed by atoms with Gasteiger partial charge in [-0.3, -0.25) is 0 Å². The van der Waals surface area contributed by atoms with Crippen LogP contribution in [0.3, 0.4) is 0 Å². The van der Waals surface area contributed by atoms with Crippen molar-refractivity contribution < 1.29 is 13.3 Å². The van der Waals surface area contributed by atoms with Crippen LogP contribution in [0.1, 0.15) is 12.5 Å². The van der Waals surface area contributed by atoms with E-state index < -0.39 is 8.80 Å². The molecule has 0 unspecified atom stereocenters. The lowest BCUT2D eigenvalue weighted by Gasteiger charge is -2.31. The summed E-state index contributed by atoms with van der Waals surface area (Å²) in [6, 6.07) is 37.4. The van der Waals surface area contributed by atoms with E-state index in [4.69, 9.17) is 13.3 Å². The summed E-state index contributed by atoms with van der Waals surface area (Å²) in [5.41, 5.74) is 1.11. The lowest BCUT2D eigenvalue weighted by molar-refractivity contribution is 0.280. The first kappa shape index (κ1) is 19.8. The van der Waals surface area contributed by atoms with Crippen molar-refractivity contribution >= 4 is 14.0 Å². The van der Waals surface area contributed by atoms with Crippen LogP contribution in [0.2, 0.25) is 0 Å². The van der Waals surface area contributed by atoms with Crippen molar-refractivity contribution in [3.63, 3.8) is 0 Å². The molecule has 4 heteroatoms. The molecule has 0 bridgehead atoms. The van der Waals surface area contributed by atoms with Crippen molar-refractivity contribution in [1.29, 1.82) is 0 Å². The molecule has 3 nitrogen and oxygen atoms in total. The highest BCUT2D eigenvalue weighted by molar-refractivity contribution is 6.77. The summed E-state index contributed by atoms with van der Waals surface area (Å²) in [5.74, 6) is 2.19. The number of benzene rings is 4. The first-order chi connectivity index (χ1) is 14.8. The lowest BCUT2D eigenvalue weighted by atomic mass is 10.1. The molecule has 4 rings (SSSR count). The van der Waals surface area contributed by atoms with Gasteiger partial charge in [0, 0.05) is 0 Å². The SMILES string of the molecule is CCc1ccccc1O[Si](Oc1ccccc1)(Oc1ccccc1)c1ccccc1. The fraction of sp³-hybridized carbons (Fsp3) is 0.0769. The van der Waals surface area contributed by atoms with Crippen molar-refractivity contribution in [2.75, 3.05) is 0 Å². The van der Waals surface area contributed by atoms with Crippen LogP contribution in [0.15, 0.2) is 115 Å².